The van der Waals surface area contributed by atoms with Crippen LogP contribution >= 0.6 is 12.6 Å². The third-order valence-corrected chi connectivity index (χ3v) is 4.21. The van der Waals surface area contributed by atoms with Gasteiger partial charge in [0, 0.05) is 5.41 Å². The van der Waals surface area contributed by atoms with Gasteiger partial charge in [0.15, 0.2) is 0 Å². The van der Waals surface area contributed by atoms with E-state index in [4.69, 9.17) is 4.74 Å². The van der Waals surface area contributed by atoms with Crippen LogP contribution in [0.3, 0.4) is 0 Å². The molecule has 1 aliphatic rings. The molecule has 2 rings (SSSR count). The van der Waals surface area contributed by atoms with Crippen molar-refractivity contribution in [2.24, 2.45) is 0 Å². The van der Waals surface area contributed by atoms with E-state index in [-0.39, 0.29) is 5.41 Å². The van der Waals surface area contributed by atoms with Gasteiger partial charge in [-0.15, -0.1) is 0 Å². The molecule has 0 aliphatic heterocycles. The maximum atomic E-state index is 5.43. The summed E-state index contributed by atoms with van der Waals surface area (Å²) >= 11 is 4.50. The minimum atomic E-state index is 0.227. The van der Waals surface area contributed by atoms with E-state index in [0.29, 0.717) is 0 Å². The fraction of sp³-hybridized carbons (Fsp3) is 0.538. The zero-order valence-electron chi connectivity index (χ0n) is 9.42. The van der Waals surface area contributed by atoms with Crippen molar-refractivity contribution < 1.29 is 4.74 Å². The van der Waals surface area contributed by atoms with Crippen LogP contribution in [0.15, 0.2) is 18.2 Å². The summed E-state index contributed by atoms with van der Waals surface area (Å²) in [4.78, 5) is 0. The molecule has 1 aromatic carbocycles. The molecule has 0 fully saturated rings. The topological polar surface area (TPSA) is 9.23 Å². The number of benzene rings is 1. The first-order chi connectivity index (χ1) is 7.21. The first kappa shape index (κ1) is 10.9. The number of hydrogen-bond donors (Lipinski definition) is 1. The van der Waals surface area contributed by atoms with Crippen molar-refractivity contribution in [1.29, 1.82) is 0 Å². The average Bonchev–Trinajstić information content (AvgIpc) is 2.29. The lowest BCUT2D eigenvalue weighted by molar-refractivity contribution is 0.388. The Labute approximate surface area is 97.2 Å². The van der Waals surface area contributed by atoms with Gasteiger partial charge in [0.25, 0.3) is 0 Å². The van der Waals surface area contributed by atoms with Gasteiger partial charge in [-0.2, -0.15) is 12.6 Å². The molecule has 0 radical (unpaired) electrons. The summed E-state index contributed by atoms with van der Waals surface area (Å²) < 4.78 is 5.43. The number of rotatable bonds is 2. The average molecular weight is 222 g/mol. The summed E-state index contributed by atoms with van der Waals surface area (Å²) in [5.41, 5.74) is 3.05. The molecular weight excluding hydrogens is 204 g/mol. The van der Waals surface area contributed by atoms with Crippen LogP contribution in [0.4, 0.5) is 0 Å². The lowest BCUT2D eigenvalue weighted by atomic mass is 9.72. The largest absolute Gasteiger partial charge is 0.496 e. The fourth-order valence-corrected chi connectivity index (χ4v) is 2.86. The first-order valence-electron chi connectivity index (χ1n) is 5.48. The van der Waals surface area contributed by atoms with Crippen LogP contribution in [0.25, 0.3) is 0 Å². The van der Waals surface area contributed by atoms with Crippen LogP contribution in [-0.4, -0.2) is 12.9 Å². The SMILES string of the molecule is COc1cccc2c1CCCC2(C)CS. The van der Waals surface area contributed by atoms with Gasteiger partial charge in [-0.3, -0.25) is 0 Å². The molecular formula is C13H18OS. The number of ether oxygens (including phenoxy) is 1. The van der Waals surface area contributed by atoms with Crippen molar-refractivity contribution in [3.63, 3.8) is 0 Å². The Hall–Kier alpha value is -0.630. The number of methoxy groups -OCH3 is 1. The molecule has 2 heteroatoms. The van der Waals surface area contributed by atoms with E-state index in [9.17, 15) is 0 Å². The monoisotopic (exact) mass is 222 g/mol. The molecule has 0 heterocycles. The van der Waals surface area contributed by atoms with Crippen molar-refractivity contribution in [3.8, 4) is 5.75 Å². The van der Waals surface area contributed by atoms with Gasteiger partial charge in [-0.05, 0) is 42.2 Å². The normalized spacial score (nSPS) is 24.7. The molecule has 1 unspecified atom stereocenters. The third-order valence-electron chi connectivity index (χ3n) is 3.51. The van der Waals surface area contributed by atoms with Crippen molar-refractivity contribution in [2.45, 2.75) is 31.6 Å². The lowest BCUT2D eigenvalue weighted by Gasteiger charge is -2.35. The molecule has 0 amide bonds. The zero-order valence-corrected chi connectivity index (χ0v) is 10.3. The van der Waals surface area contributed by atoms with Gasteiger partial charge in [0.2, 0.25) is 0 Å². The Kier molecular flexibility index (Phi) is 2.96. The van der Waals surface area contributed by atoms with Crippen molar-refractivity contribution >= 4 is 12.6 Å². The highest BCUT2D eigenvalue weighted by molar-refractivity contribution is 7.80. The Morgan fingerprint density at radius 3 is 2.93 bits per heavy atom. The number of hydrogen-bond acceptors (Lipinski definition) is 2. The second-order valence-electron chi connectivity index (χ2n) is 4.56. The van der Waals surface area contributed by atoms with E-state index >= 15 is 0 Å². The highest BCUT2D eigenvalue weighted by atomic mass is 32.1. The Morgan fingerprint density at radius 2 is 2.27 bits per heavy atom. The summed E-state index contributed by atoms with van der Waals surface area (Å²) in [6.07, 6.45) is 3.61. The predicted octanol–water partition coefficient (Wildman–Crippen LogP) is 3.22. The zero-order chi connectivity index (χ0) is 10.9. The van der Waals surface area contributed by atoms with Crippen molar-refractivity contribution in [3.05, 3.63) is 29.3 Å². The summed E-state index contributed by atoms with van der Waals surface area (Å²) in [7, 11) is 1.75. The Bertz CT molecular complexity index is 362. The lowest BCUT2D eigenvalue weighted by Crippen LogP contribution is -2.29. The van der Waals surface area contributed by atoms with Crippen LogP contribution in [-0.2, 0) is 11.8 Å². The number of fused-ring (bicyclic) bond motifs is 1. The van der Waals surface area contributed by atoms with E-state index in [1.165, 1.54) is 24.0 Å². The minimum absolute atomic E-state index is 0.227. The molecule has 0 spiro atoms. The van der Waals surface area contributed by atoms with Crippen LogP contribution in [0.1, 0.15) is 30.9 Å². The summed E-state index contributed by atoms with van der Waals surface area (Å²) in [6, 6.07) is 6.38. The summed E-state index contributed by atoms with van der Waals surface area (Å²) in [5, 5.41) is 0. The van der Waals surface area contributed by atoms with Gasteiger partial charge >= 0.3 is 0 Å². The molecule has 0 saturated heterocycles. The molecule has 1 aliphatic carbocycles. The standard InChI is InChI=1S/C13H18OS/c1-13(9-15)8-4-5-10-11(13)6-3-7-12(10)14-2/h3,6-7,15H,4-5,8-9H2,1-2H3. The maximum Gasteiger partial charge on any atom is 0.122 e. The van der Waals surface area contributed by atoms with Crippen molar-refractivity contribution in [1.82, 2.24) is 0 Å². The van der Waals surface area contributed by atoms with Crippen LogP contribution in [0.5, 0.6) is 5.75 Å². The molecule has 1 aromatic rings. The van der Waals surface area contributed by atoms with E-state index in [0.717, 1.165) is 17.9 Å². The highest BCUT2D eigenvalue weighted by Crippen LogP contribution is 2.41. The quantitative estimate of drug-likeness (QED) is 0.756. The van der Waals surface area contributed by atoms with Crippen LogP contribution in [0, 0.1) is 0 Å². The minimum Gasteiger partial charge on any atom is -0.496 e. The molecule has 82 valence electrons. The molecule has 0 N–H and O–H groups in total. The van der Waals surface area contributed by atoms with E-state index in [1.54, 1.807) is 7.11 Å². The predicted molar refractivity (Wildman–Crippen MR) is 67.1 cm³/mol. The molecule has 15 heavy (non-hydrogen) atoms. The smallest absolute Gasteiger partial charge is 0.122 e. The Balaban J connectivity index is 2.53. The third kappa shape index (κ3) is 1.76. The van der Waals surface area contributed by atoms with Crippen LogP contribution < -0.4 is 4.74 Å². The second kappa shape index (κ2) is 4.09. The van der Waals surface area contributed by atoms with Gasteiger partial charge < -0.3 is 4.74 Å². The first-order valence-corrected chi connectivity index (χ1v) is 6.12. The van der Waals surface area contributed by atoms with E-state index < -0.39 is 0 Å². The highest BCUT2D eigenvalue weighted by Gasteiger charge is 2.31. The summed E-state index contributed by atoms with van der Waals surface area (Å²) in [5.74, 6) is 1.95. The van der Waals surface area contributed by atoms with Gasteiger partial charge in [-0.25, -0.2) is 0 Å². The number of thiol groups is 1. The Morgan fingerprint density at radius 1 is 1.47 bits per heavy atom. The van der Waals surface area contributed by atoms with Crippen LogP contribution in [0.2, 0.25) is 0 Å². The maximum absolute atomic E-state index is 5.43. The van der Waals surface area contributed by atoms with Crippen molar-refractivity contribution in [2.75, 3.05) is 12.9 Å². The molecule has 0 bridgehead atoms. The van der Waals surface area contributed by atoms with Gasteiger partial charge in [0.1, 0.15) is 5.75 Å². The van der Waals surface area contributed by atoms with Gasteiger partial charge in [0.05, 0.1) is 7.11 Å². The molecule has 1 nitrogen and oxygen atoms in total. The van der Waals surface area contributed by atoms with E-state index in [1.807, 2.05) is 0 Å². The summed E-state index contributed by atoms with van der Waals surface area (Å²) in [6.45, 7) is 2.30. The molecule has 1 atom stereocenters. The van der Waals surface area contributed by atoms with Gasteiger partial charge in [-0.1, -0.05) is 19.1 Å². The molecule has 0 saturated carbocycles. The fourth-order valence-electron chi connectivity index (χ4n) is 2.53. The second-order valence-corrected chi connectivity index (χ2v) is 4.87. The van der Waals surface area contributed by atoms with E-state index in [2.05, 4.69) is 37.8 Å². The molecule has 0 aromatic heterocycles.